The number of rotatable bonds is 8. The van der Waals surface area contributed by atoms with E-state index in [1.54, 1.807) is 14.2 Å². The molecular formula is C20H31N3O3. The van der Waals surface area contributed by atoms with E-state index in [0.717, 1.165) is 55.9 Å². The summed E-state index contributed by atoms with van der Waals surface area (Å²) in [4.78, 5) is 4.33. The highest BCUT2D eigenvalue weighted by molar-refractivity contribution is 5.79. The van der Waals surface area contributed by atoms with Gasteiger partial charge >= 0.3 is 0 Å². The Balaban J connectivity index is 1.50. The van der Waals surface area contributed by atoms with E-state index in [0.29, 0.717) is 13.1 Å². The molecule has 2 fully saturated rings. The van der Waals surface area contributed by atoms with Gasteiger partial charge in [0.05, 0.1) is 12.2 Å². The van der Waals surface area contributed by atoms with Gasteiger partial charge in [-0.05, 0) is 24.8 Å². The number of methoxy groups -OCH3 is 1. The van der Waals surface area contributed by atoms with Crippen LogP contribution in [-0.2, 0) is 16.0 Å². The van der Waals surface area contributed by atoms with Gasteiger partial charge in [-0.3, -0.25) is 4.99 Å². The standard InChI is InChI=1S/C20H31N3O3/c1-21-19(23-15-20(24-2)9-11-25-12-10-20)22-13-17-5-3-4-6-18(17)26-14-16-7-8-16/h3-6,16H,7-15H2,1-2H3,(H2,21,22,23). The number of hydrogen-bond acceptors (Lipinski definition) is 4. The summed E-state index contributed by atoms with van der Waals surface area (Å²) >= 11 is 0. The molecule has 1 aliphatic heterocycles. The van der Waals surface area contributed by atoms with Gasteiger partial charge in [0.1, 0.15) is 5.75 Å². The number of ether oxygens (including phenoxy) is 3. The number of guanidine groups is 1. The van der Waals surface area contributed by atoms with E-state index < -0.39 is 0 Å². The zero-order valence-corrected chi connectivity index (χ0v) is 15.9. The van der Waals surface area contributed by atoms with Crippen LogP contribution in [0.3, 0.4) is 0 Å². The first-order chi connectivity index (χ1) is 12.7. The minimum Gasteiger partial charge on any atom is -0.493 e. The second-order valence-corrected chi connectivity index (χ2v) is 7.14. The van der Waals surface area contributed by atoms with Crippen molar-refractivity contribution in [2.45, 2.75) is 37.8 Å². The van der Waals surface area contributed by atoms with Gasteiger partial charge in [0.25, 0.3) is 0 Å². The van der Waals surface area contributed by atoms with Crippen molar-refractivity contribution in [2.24, 2.45) is 10.9 Å². The summed E-state index contributed by atoms with van der Waals surface area (Å²) in [7, 11) is 3.56. The van der Waals surface area contributed by atoms with E-state index in [4.69, 9.17) is 14.2 Å². The number of benzene rings is 1. The fourth-order valence-electron chi connectivity index (χ4n) is 3.12. The molecule has 6 nitrogen and oxygen atoms in total. The third kappa shape index (κ3) is 5.35. The normalized spacial score (nSPS) is 19.8. The van der Waals surface area contributed by atoms with Crippen LogP contribution in [0.4, 0.5) is 0 Å². The molecule has 0 amide bonds. The molecule has 1 saturated carbocycles. The lowest BCUT2D eigenvalue weighted by atomic mass is 9.94. The molecule has 0 radical (unpaired) electrons. The Kier molecular flexibility index (Phi) is 6.74. The molecule has 0 atom stereocenters. The van der Waals surface area contributed by atoms with Crippen LogP contribution in [0.5, 0.6) is 5.75 Å². The molecule has 1 aromatic rings. The third-order valence-corrected chi connectivity index (χ3v) is 5.23. The van der Waals surface area contributed by atoms with Gasteiger partial charge in [0, 0.05) is 58.9 Å². The molecule has 144 valence electrons. The maximum absolute atomic E-state index is 5.98. The van der Waals surface area contributed by atoms with Gasteiger partial charge in [-0.15, -0.1) is 0 Å². The summed E-state index contributed by atoms with van der Waals surface area (Å²) in [5.41, 5.74) is 0.963. The fourth-order valence-corrected chi connectivity index (χ4v) is 3.12. The number of nitrogens with zero attached hydrogens (tertiary/aromatic N) is 1. The molecule has 0 aromatic heterocycles. The molecule has 0 bridgehead atoms. The predicted molar refractivity (Wildman–Crippen MR) is 103 cm³/mol. The first-order valence-electron chi connectivity index (χ1n) is 9.53. The highest BCUT2D eigenvalue weighted by Crippen LogP contribution is 2.30. The van der Waals surface area contributed by atoms with Gasteiger partial charge in [0.2, 0.25) is 0 Å². The highest BCUT2D eigenvalue weighted by Gasteiger charge is 2.32. The highest BCUT2D eigenvalue weighted by atomic mass is 16.5. The van der Waals surface area contributed by atoms with E-state index >= 15 is 0 Å². The van der Waals surface area contributed by atoms with Crippen molar-refractivity contribution >= 4 is 5.96 Å². The Morgan fingerprint density at radius 2 is 2.00 bits per heavy atom. The largest absolute Gasteiger partial charge is 0.493 e. The Morgan fingerprint density at radius 3 is 2.69 bits per heavy atom. The maximum atomic E-state index is 5.98. The van der Waals surface area contributed by atoms with Crippen LogP contribution in [0.25, 0.3) is 0 Å². The molecule has 0 unspecified atom stereocenters. The van der Waals surface area contributed by atoms with Crippen LogP contribution in [-0.4, -0.2) is 52.1 Å². The second kappa shape index (κ2) is 9.24. The first kappa shape index (κ1) is 19.0. The molecule has 2 N–H and O–H groups in total. The van der Waals surface area contributed by atoms with Crippen molar-refractivity contribution in [2.75, 3.05) is 40.5 Å². The van der Waals surface area contributed by atoms with E-state index in [-0.39, 0.29) is 5.60 Å². The monoisotopic (exact) mass is 361 g/mol. The van der Waals surface area contributed by atoms with E-state index in [1.807, 2.05) is 18.2 Å². The topological polar surface area (TPSA) is 64.1 Å². The summed E-state index contributed by atoms with van der Waals surface area (Å²) in [5.74, 6) is 2.47. The van der Waals surface area contributed by atoms with Gasteiger partial charge < -0.3 is 24.8 Å². The molecule has 6 heteroatoms. The van der Waals surface area contributed by atoms with Crippen LogP contribution >= 0.6 is 0 Å². The predicted octanol–water partition coefficient (Wildman–Crippen LogP) is 2.34. The molecule has 1 aliphatic carbocycles. The molecule has 3 rings (SSSR count). The number of aliphatic imine (C=N–C) groups is 1. The SMILES string of the molecule is CN=C(NCc1ccccc1OCC1CC1)NCC1(OC)CCOCC1. The molecular weight excluding hydrogens is 330 g/mol. The van der Waals surface area contributed by atoms with Gasteiger partial charge in [0.15, 0.2) is 5.96 Å². The second-order valence-electron chi connectivity index (χ2n) is 7.14. The van der Waals surface area contributed by atoms with Crippen LogP contribution < -0.4 is 15.4 Å². The summed E-state index contributed by atoms with van der Waals surface area (Å²) < 4.78 is 17.2. The number of hydrogen-bond donors (Lipinski definition) is 2. The van der Waals surface area contributed by atoms with Gasteiger partial charge in [-0.2, -0.15) is 0 Å². The lowest BCUT2D eigenvalue weighted by Gasteiger charge is -2.36. The van der Waals surface area contributed by atoms with Crippen molar-refractivity contribution < 1.29 is 14.2 Å². The minimum absolute atomic E-state index is 0.179. The van der Waals surface area contributed by atoms with Crippen LogP contribution in [0.1, 0.15) is 31.2 Å². The van der Waals surface area contributed by atoms with Crippen molar-refractivity contribution in [3.63, 3.8) is 0 Å². The van der Waals surface area contributed by atoms with Crippen LogP contribution in [0.15, 0.2) is 29.3 Å². The number of nitrogens with one attached hydrogen (secondary N) is 2. The maximum Gasteiger partial charge on any atom is 0.191 e. The Bertz CT molecular complexity index is 596. The Hall–Kier alpha value is -1.79. The quantitative estimate of drug-likeness (QED) is 0.550. The van der Waals surface area contributed by atoms with E-state index in [2.05, 4.69) is 21.7 Å². The van der Waals surface area contributed by atoms with Crippen LogP contribution in [0, 0.1) is 5.92 Å². The molecule has 1 heterocycles. The summed E-state index contributed by atoms with van der Waals surface area (Å²) in [5, 5.41) is 6.78. The summed E-state index contributed by atoms with van der Waals surface area (Å²) in [6.07, 6.45) is 4.38. The lowest BCUT2D eigenvalue weighted by molar-refractivity contribution is -0.0855. The van der Waals surface area contributed by atoms with Crippen molar-refractivity contribution in [3.05, 3.63) is 29.8 Å². The van der Waals surface area contributed by atoms with Crippen molar-refractivity contribution in [1.82, 2.24) is 10.6 Å². The van der Waals surface area contributed by atoms with E-state index in [9.17, 15) is 0 Å². The summed E-state index contributed by atoms with van der Waals surface area (Å²) in [6, 6.07) is 8.20. The smallest absolute Gasteiger partial charge is 0.191 e. The van der Waals surface area contributed by atoms with Crippen molar-refractivity contribution in [1.29, 1.82) is 0 Å². The van der Waals surface area contributed by atoms with Crippen LogP contribution in [0.2, 0.25) is 0 Å². The zero-order valence-electron chi connectivity index (χ0n) is 15.9. The average Bonchev–Trinajstić information content (AvgIpc) is 3.52. The van der Waals surface area contributed by atoms with Gasteiger partial charge in [-0.25, -0.2) is 0 Å². The zero-order chi connectivity index (χ0) is 18.2. The minimum atomic E-state index is -0.179. The third-order valence-electron chi connectivity index (χ3n) is 5.23. The first-order valence-corrected chi connectivity index (χ1v) is 9.53. The lowest BCUT2D eigenvalue weighted by Crippen LogP contribution is -2.50. The Morgan fingerprint density at radius 1 is 1.23 bits per heavy atom. The van der Waals surface area contributed by atoms with E-state index in [1.165, 1.54) is 12.8 Å². The molecule has 1 saturated heterocycles. The molecule has 26 heavy (non-hydrogen) atoms. The van der Waals surface area contributed by atoms with Gasteiger partial charge in [-0.1, -0.05) is 18.2 Å². The van der Waals surface area contributed by atoms with Crippen molar-refractivity contribution in [3.8, 4) is 5.75 Å². The number of para-hydroxylation sites is 1. The summed E-state index contributed by atoms with van der Waals surface area (Å²) in [6.45, 7) is 3.69. The molecule has 1 aromatic carbocycles. The fraction of sp³-hybridized carbons (Fsp3) is 0.650. The molecule has 2 aliphatic rings. The Labute approximate surface area is 156 Å². The average molecular weight is 361 g/mol. The molecule has 0 spiro atoms.